The molecule has 0 aliphatic carbocycles. The Bertz CT molecular complexity index is 897. The third-order valence-corrected chi connectivity index (χ3v) is 4.11. The molecule has 0 aliphatic rings. The van der Waals surface area contributed by atoms with Gasteiger partial charge in [0.15, 0.2) is 18.1 Å². The molecule has 0 saturated carbocycles. The van der Waals surface area contributed by atoms with Crippen LogP contribution in [0.5, 0.6) is 17.2 Å². The molecule has 0 amide bonds. The van der Waals surface area contributed by atoms with E-state index in [1.165, 1.54) is 0 Å². The largest absolute Gasteiger partial charge is 0.493 e. The average molecular weight is 404 g/mol. The van der Waals surface area contributed by atoms with Crippen LogP contribution >= 0.6 is 11.6 Å². The van der Waals surface area contributed by atoms with Crippen molar-refractivity contribution in [3.63, 3.8) is 0 Å². The highest BCUT2D eigenvalue weighted by Crippen LogP contribution is 2.31. The van der Waals surface area contributed by atoms with Crippen molar-refractivity contribution in [3.8, 4) is 28.6 Å². The Morgan fingerprint density at radius 1 is 1.04 bits per heavy atom. The van der Waals surface area contributed by atoms with E-state index in [4.69, 9.17) is 30.3 Å². The molecule has 8 heteroatoms. The van der Waals surface area contributed by atoms with Crippen molar-refractivity contribution >= 4 is 11.6 Å². The highest BCUT2D eigenvalue weighted by molar-refractivity contribution is 6.30. The molecule has 0 saturated heterocycles. The van der Waals surface area contributed by atoms with E-state index in [0.29, 0.717) is 40.6 Å². The highest BCUT2D eigenvalue weighted by Gasteiger charge is 2.13. The van der Waals surface area contributed by atoms with Gasteiger partial charge in [0.1, 0.15) is 12.4 Å². The maximum atomic E-state index is 5.86. The van der Waals surface area contributed by atoms with Gasteiger partial charge >= 0.3 is 0 Å². The lowest BCUT2D eigenvalue weighted by atomic mass is 10.2. The lowest BCUT2D eigenvalue weighted by Gasteiger charge is -2.13. The lowest BCUT2D eigenvalue weighted by Crippen LogP contribution is -2.19. The van der Waals surface area contributed by atoms with E-state index in [2.05, 4.69) is 10.1 Å². The zero-order valence-corrected chi connectivity index (χ0v) is 16.8. The number of methoxy groups -OCH3 is 1. The van der Waals surface area contributed by atoms with Crippen LogP contribution in [-0.2, 0) is 6.61 Å². The van der Waals surface area contributed by atoms with Gasteiger partial charge in [-0.05, 0) is 56.6 Å². The van der Waals surface area contributed by atoms with Gasteiger partial charge in [-0.15, -0.1) is 0 Å². The number of nitrogens with zero attached hydrogens (tertiary/aromatic N) is 3. The van der Waals surface area contributed by atoms with Crippen LogP contribution in [0.3, 0.4) is 0 Å². The van der Waals surface area contributed by atoms with Gasteiger partial charge < -0.3 is 23.6 Å². The fraction of sp³-hybridized carbons (Fsp3) is 0.300. The summed E-state index contributed by atoms with van der Waals surface area (Å²) >= 11 is 5.86. The van der Waals surface area contributed by atoms with Crippen molar-refractivity contribution in [1.29, 1.82) is 0 Å². The molecule has 0 spiro atoms. The number of likely N-dealkylation sites (N-methyl/N-ethyl adjacent to an activating group) is 1. The van der Waals surface area contributed by atoms with E-state index in [0.717, 1.165) is 12.1 Å². The topological polar surface area (TPSA) is 69.9 Å². The van der Waals surface area contributed by atoms with Crippen LogP contribution in [0.25, 0.3) is 11.4 Å². The molecule has 2 aromatic carbocycles. The Morgan fingerprint density at radius 2 is 1.82 bits per heavy atom. The average Bonchev–Trinajstić information content (AvgIpc) is 3.16. The number of rotatable bonds is 9. The van der Waals surface area contributed by atoms with E-state index < -0.39 is 0 Å². The van der Waals surface area contributed by atoms with Gasteiger partial charge in [0.25, 0.3) is 5.89 Å². The van der Waals surface area contributed by atoms with Gasteiger partial charge in [-0.2, -0.15) is 4.98 Å². The van der Waals surface area contributed by atoms with Gasteiger partial charge in [-0.3, -0.25) is 0 Å². The number of hydrogen-bond acceptors (Lipinski definition) is 7. The minimum atomic E-state index is 0.164. The molecular weight excluding hydrogens is 382 g/mol. The maximum absolute atomic E-state index is 5.86. The van der Waals surface area contributed by atoms with E-state index in [-0.39, 0.29) is 6.61 Å². The lowest BCUT2D eigenvalue weighted by molar-refractivity contribution is 0.243. The number of halogens is 1. The fourth-order valence-electron chi connectivity index (χ4n) is 2.37. The zero-order valence-electron chi connectivity index (χ0n) is 16.0. The van der Waals surface area contributed by atoms with Crippen molar-refractivity contribution < 1.29 is 18.7 Å². The first-order valence-electron chi connectivity index (χ1n) is 8.72. The molecule has 0 radical (unpaired) electrons. The minimum Gasteiger partial charge on any atom is -0.493 e. The summed E-state index contributed by atoms with van der Waals surface area (Å²) in [6.45, 7) is 1.54. The Hall–Kier alpha value is -2.77. The minimum absolute atomic E-state index is 0.164. The molecule has 7 nitrogen and oxygen atoms in total. The molecular formula is C20H22ClN3O4. The van der Waals surface area contributed by atoms with Crippen molar-refractivity contribution in [3.05, 3.63) is 53.4 Å². The van der Waals surface area contributed by atoms with Crippen LogP contribution in [0, 0.1) is 0 Å². The molecule has 28 heavy (non-hydrogen) atoms. The van der Waals surface area contributed by atoms with E-state index in [9.17, 15) is 0 Å². The van der Waals surface area contributed by atoms with Gasteiger partial charge in [-0.1, -0.05) is 16.8 Å². The molecule has 148 valence electrons. The molecule has 3 rings (SSSR count). The third-order valence-electron chi connectivity index (χ3n) is 3.86. The summed E-state index contributed by atoms with van der Waals surface area (Å²) < 4.78 is 22.1. The van der Waals surface area contributed by atoms with Crippen LogP contribution in [0.2, 0.25) is 5.02 Å². The summed E-state index contributed by atoms with van der Waals surface area (Å²) in [5, 5.41) is 4.66. The molecule has 0 bridgehead atoms. The Morgan fingerprint density at radius 3 is 2.54 bits per heavy atom. The van der Waals surface area contributed by atoms with E-state index in [1.54, 1.807) is 31.4 Å². The summed E-state index contributed by atoms with van der Waals surface area (Å²) in [6, 6.07) is 12.6. The number of ether oxygens (including phenoxy) is 3. The summed E-state index contributed by atoms with van der Waals surface area (Å²) in [4.78, 5) is 6.42. The predicted molar refractivity (Wildman–Crippen MR) is 106 cm³/mol. The molecule has 0 unspecified atom stereocenters. The SMILES string of the molecule is COc1cc(-c2noc(COc3ccc(Cl)cc3)n2)ccc1OCCN(C)C. The molecule has 0 atom stereocenters. The quantitative estimate of drug-likeness (QED) is 0.536. The Kier molecular flexibility index (Phi) is 6.73. The summed E-state index contributed by atoms with van der Waals surface area (Å²) in [5.41, 5.74) is 0.762. The first-order chi connectivity index (χ1) is 13.5. The fourth-order valence-corrected chi connectivity index (χ4v) is 2.50. The van der Waals surface area contributed by atoms with Gasteiger partial charge in [0, 0.05) is 17.1 Å². The second-order valence-corrected chi connectivity index (χ2v) is 6.71. The van der Waals surface area contributed by atoms with Crippen LogP contribution in [0.4, 0.5) is 0 Å². The van der Waals surface area contributed by atoms with Crippen LogP contribution < -0.4 is 14.2 Å². The van der Waals surface area contributed by atoms with Gasteiger partial charge in [0.05, 0.1) is 7.11 Å². The van der Waals surface area contributed by atoms with Crippen molar-refractivity contribution in [2.45, 2.75) is 6.61 Å². The van der Waals surface area contributed by atoms with Crippen LogP contribution in [-0.4, -0.2) is 49.4 Å². The number of hydrogen-bond donors (Lipinski definition) is 0. The van der Waals surface area contributed by atoms with Crippen LogP contribution in [0.1, 0.15) is 5.89 Å². The standard InChI is InChI=1S/C20H22ClN3O4/c1-24(2)10-11-26-17-9-4-14(12-18(17)25-3)20-22-19(28-23-20)13-27-16-7-5-15(21)6-8-16/h4-9,12H,10-11,13H2,1-3H3. The molecule has 1 aromatic heterocycles. The van der Waals surface area contributed by atoms with Gasteiger partial charge in [-0.25, -0.2) is 0 Å². The predicted octanol–water partition coefficient (Wildman–Crippen LogP) is 3.92. The Balaban J connectivity index is 1.65. The van der Waals surface area contributed by atoms with Gasteiger partial charge in [0.2, 0.25) is 5.82 Å². The van der Waals surface area contributed by atoms with Crippen molar-refractivity contribution in [1.82, 2.24) is 15.0 Å². The first kappa shape index (κ1) is 20.0. The van der Waals surface area contributed by atoms with Crippen molar-refractivity contribution in [2.24, 2.45) is 0 Å². The maximum Gasteiger partial charge on any atom is 0.264 e. The summed E-state index contributed by atoms with van der Waals surface area (Å²) in [5.74, 6) is 2.77. The molecule has 1 heterocycles. The summed E-state index contributed by atoms with van der Waals surface area (Å²) in [6.07, 6.45) is 0. The van der Waals surface area contributed by atoms with E-state index in [1.807, 2.05) is 37.2 Å². The molecule has 0 aliphatic heterocycles. The monoisotopic (exact) mass is 403 g/mol. The molecule has 3 aromatic rings. The second kappa shape index (κ2) is 9.43. The third kappa shape index (κ3) is 5.37. The smallest absolute Gasteiger partial charge is 0.264 e. The second-order valence-electron chi connectivity index (χ2n) is 6.27. The van der Waals surface area contributed by atoms with E-state index >= 15 is 0 Å². The number of benzene rings is 2. The highest BCUT2D eigenvalue weighted by atomic mass is 35.5. The normalized spacial score (nSPS) is 10.9. The molecule has 0 N–H and O–H groups in total. The number of aromatic nitrogens is 2. The summed E-state index contributed by atoms with van der Waals surface area (Å²) in [7, 11) is 5.59. The Labute approximate surface area is 168 Å². The zero-order chi connectivity index (χ0) is 19.9. The van der Waals surface area contributed by atoms with Crippen molar-refractivity contribution in [2.75, 3.05) is 34.4 Å². The molecule has 0 fully saturated rings. The van der Waals surface area contributed by atoms with Crippen LogP contribution in [0.15, 0.2) is 47.0 Å². The first-order valence-corrected chi connectivity index (χ1v) is 9.10.